The highest BCUT2D eigenvalue weighted by Crippen LogP contribution is 2.39. The molecule has 1 unspecified atom stereocenters. The summed E-state index contributed by atoms with van der Waals surface area (Å²) in [5, 5.41) is 11.3. The maximum Gasteiger partial charge on any atom is 0.0804 e. The Kier molecular flexibility index (Phi) is 2.43. The summed E-state index contributed by atoms with van der Waals surface area (Å²) in [5.74, 6) is 0. The monoisotopic (exact) mass is 232 g/mol. The molecule has 0 amide bonds. The molecule has 4 nitrogen and oxygen atoms in total. The number of H-pyrrole nitrogens is 1. The van der Waals surface area contributed by atoms with E-state index in [0.717, 1.165) is 16.5 Å². The Morgan fingerprint density at radius 3 is 2.82 bits per heavy atom. The molecule has 17 heavy (non-hydrogen) atoms. The Hall–Kier alpha value is -1.36. The maximum absolute atomic E-state index is 10.1. The molecule has 4 N–H and O–H groups in total. The van der Waals surface area contributed by atoms with Crippen LogP contribution in [0.3, 0.4) is 0 Å². The van der Waals surface area contributed by atoms with E-state index in [0.29, 0.717) is 13.2 Å². The van der Waals surface area contributed by atoms with E-state index >= 15 is 0 Å². The largest absolute Gasteiger partial charge is 0.391 e. The van der Waals surface area contributed by atoms with Gasteiger partial charge in [0, 0.05) is 23.6 Å². The van der Waals surface area contributed by atoms with Crippen molar-refractivity contribution in [3.8, 4) is 0 Å². The molecule has 1 atom stereocenters. The summed E-state index contributed by atoms with van der Waals surface area (Å²) >= 11 is 0. The third-order valence-corrected chi connectivity index (χ3v) is 3.71. The standard InChI is InChI=1S/C13H16N2O2/c14-5-12(16)13(7-17-8-13)10-6-15-11-4-2-1-3-9(10)11/h1-4,6,12,15-16H,5,7-8,14H2. The Labute approximate surface area is 99.4 Å². The van der Waals surface area contributed by atoms with Crippen LogP contribution in [0.15, 0.2) is 30.5 Å². The number of rotatable bonds is 3. The molecular weight excluding hydrogens is 216 g/mol. The lowest BCUT2D eigenvalue weighted by atomic mass is 9.73. The second-order valence-electron chi connectivity index (χ2n) is 4.65. The van der Waals surface area contributed by atoms with E-state index in [2.05, 4.69) is 11.1 Å². The minimum Gasteiger partial charge on any atom is -0.391 e. The molecule has 3 rings (SSSR count). The molecule has 4 heteroatoms. The number of para-hydroxylation sites is 1. The topological polar surface area (TPSA) is 71.3 Å². The van der Waals surface area contributed by atoms with Crippen LogP contribution in [0, 0.1) is 0 Å². The first kappa shape index (κ1) is 10.8. The van der Waals surface area contributed by atoms with Gasteiger partial charge < -0.3 is 20.6 Å². The van der Waals surface area contributed by atoms with Gasteiger partial charge in [-0.1, -0.05) is 18.2 Å². The highest BCUT2D eigenvalue weighted by atomic mass is 16.5. The molecule has 1 aromatic carbocycles. The van der Waals surface area contributed by atoms with E-state index in [9.17, 15) is 5.11 Å². The lowest BCUT2D eigenvalue weighted by Crippen LogP contribution is -2.57. The van der Waals surface area contributed by atoms with Gasteiger partial charge in [0.25, 0.3) is 0 Å². The van der Waals surface area contributed by atoms with Gasteiger partial charge in [-0.15, -0.1) is 0 Å². The number of ether oxygens (including phenoxy) is 1. The average molecular weight is 232 g/mol. The molecule has 0 radical (unpaired) electrons. The summed E-state index contributed by atoms with van der Waals surface area (Å²) in [7, 11) is 0. The minimum absolute atomic E-state index is 0.253. The molecule has 1 fully saturated rings. The molecule has 0 bridgehead atoms. The number of aliphatic hydroxyl groups is 1. The van der Waals surface area contributed by atoms with Crippen molar-refractivity contribution in [1.29, 1.82) is 0 Å². The van der Waals surface area contributed by atoms with Crippen molar-refractivity contribution in [2.24, 2.45) is 5.73 Å². The van der Waals surface area contributed by atoms with Crippen molar-refractivity contribution in [3.05, 3.63) is 36.0 Å². The molecule has 2 heterocycles. The molecule has 0 saturated carbocycles. The highest BCUT2D eigenvalue weighted by molar-refractivity contribution is 5.84. The molecule has 0 aliphatic carbocycles. The zero-order valence-electron chi connectivity index (χ0n) is 9.52. The number of aromatic amines is 1. The van der Waals surface area contributed by atoms with E-state index in [1.54, 1.807) is 0 Å². The van der Waals surface area contributed by atoms with Crippen LogP contribution in [-0.2, 0) is 10.2 Å². The quantitative estimate of drug-likeness (QED) is 0.731. The Morgan fingerprint density at radius 2 is 2.18 bits per heavy atom. The lowest BCUT2D eigenvalue weighted by molar-refractivity contribution is -0.116. The van der Waals surface area contributed by atoms with E-state index < -0.39 is 6.10 Å². The number of benzene rings is 1. The van der Waals surface area contributed by atoms with Gasteiger partial charge in [-0.3, -0.25) is 0 Å². The van der Waals surface area contributed by atoms with Crippen molar-refractivity contribution in [1.82, 2.24) is 4.98 Å². The van der Waals surface area contributed by atoms with Crippen LogP contribution in [0.5, 0.6) is 0 Å². The third-order valence-electron chi connectivity index (χ3n) is 3.71. The minimum atomic E-state index is -0.560. The van der Waals surface area contributed by atoms with E-state index in [4.69, 9.17) is 10.5 Å². The Morgan fingerprint density at radius 1 is 1.41 bits per heavy atom. The summed E-state index contributed by atoms with van der Waals surface area (Å²) < 4.78 is 5.30. The fourth-order valence-electron chi connectivity index (χ4n) is 2.56. The van der Waals surface area contributed by atoms with Gasteiger partial charge in [0.1, 0.15) is 0 Å². The Bertz CT molecular complexity index is 531. The molecule has 90 valence electrons. The molecule has 2 aromatic rings. The van der Waals surface area contributed by atoms with E-state index in [-0.39, 0.29) is 12.0 Å². The normalized spacial score (nSPS) is 20.1. The fourth-order valence-corrected chi connectivity index (χ4v) is 2.56. The molecule has 1 saturated heterocycles. The van der Waals surface area contributed by atoms with Gasteiger partial charge in [0.2, 0.25) is 0 Å². The molecule has 1 aliphatic heterocycles. The highest BCUT2D eigenvalue weighted by Gasteiger charge is 2.47. The molecule has 0 spiro atoms. The smallest absolute Gasteiger partial charge is 0.0804 e. The van der Waals surface area contributed by atoms with Gasteiger partial charge in [0.15, 0.2) is 0 Å². The molecule has 1 aliphatic rings. The summed E-state index contributed by atoms with van der Waals surface area (Å²) in [6, 6.07) is 8.08. The third kappa shape index (κ3) is 1.42. The first-order chi connectivity index (χ1) is 8.28. The number of fused-ring (bicyclic) bond motifs is 1. The maximum atomic E-state index is 10.1. The van der Waals surface area contributed by atoms with Crippen molar-refractivity contribution < 1.29 is 9.84 Å². The van der Waals surface area contributed by atoms with Gasteiger partial charge in [-0.05, 0) is 11.6 Å². The molecular formula is C13H16N2O2. The lowest BCUT2D eigenvalue weighted by Gasteiger charge is -2.44. The van der Waals surface area contributed by atoms with Gasteiger partial charge in [-0.2, -0.15) is 0 Å². The fraction of sp³-hybridized carbons (Fsp3) is 0.385. The average Bonchev–Trinajstić information content (AvgIpc) is 2.72. The van der Waals surface area contributed by atoms with Crippen molar-refractivity contribution in [3.63, 3.8) is 0 Å². The second kappa shape index (κ2) is 3.84. The van der Waals surface area contributed by atoms with Crippen LogP contribution in [0.1, 0.15) is 5.56 Å². The summed E-state index contributed by atoms with van der Waals surface area (Å²) in [5.41, 5.74) is 7.45. The number of nitrogens with one attached hydrogen (secondary N) is 1. The first-order valence-electron chi connectivity index (χ1n) is 5.80. The van der Waals surface area contributed by atoms with Gasteiger partial charge in [-0.25, -0.2) is 0 Å². The number of nitrogens with two attached hydrogens (primary N) is 1. The predicted octanol–water partition coefficient (Wildman–Crippen LogP) is 0.755. The summed E-state index contributed by atoms with van der Waals surface area (Å²) in [4.78, 5) is 3.23. The van der Waals surface area contributed by atoms with E-state index in [1.165, 1.54) is 0 Å². The van der Waals surface area contributed by atoms with Crippen LogP contribution < -0.4 is 5.73 Å². The van der Waals surface area contributed by atoms with Crippen LogP contribution in [0.25, 0.3) is 10.9 Å². The van der Waals surface area contributed by atoms with Crippen LogP contribution in [0.4, 0.5) is 0 Å². The Balaban J connectivity index is 2.13. The number of aromatic nitrogens is 1. The van der Waals surface area contributed by atoms with Crippen LogP contribution >= 0.6 is 0 Å². The number of hydrogen-bond donors (Lipinski definition) is 3. The zero-order chi connectivity index (χ0) is 11.9. The van der Waals surface area contributed by atoms with Crippen molar-refractivity contribution >= 4 is 10.9 Å². The summed E-state index contributed by atoms with van der Waals surface area (Å²) in [6.07, 6.45) is 1.40. The second-order valence-corrected chi connectivity index (χ2v) is 4.65. The van der Waals surface area contributed by atoms with Crippen molar-refractivity contribution in [2.75, 3.05) is 19.8 Å². The zero-order valence-corrected chi connectivity index (χ0v) is 9.52. The number of hydrogen-bond acceptors (Lipinski definition) is 3. The molecule has 1 aromatic heterocycles. The van der Waals surface area contributed by atoms with Crippen molar-refractivity contribution in [2.45, 2.75) is 11.5 Å². The van der Waals surface area contributed by atoms with Crippen LogP contribution in [0.2, 0.25) is 0 Å². The SMILES string of the molecule is NCC(O)C1(c2c[nH]c3ccccc23)COC1. The number of aliphatic hydroxyl groups excluding tert-OH is 1. The van der Waals surface area contributed by atoms with Crippen LogP contribution in [-0.4, -0.2) is 36.0 Å². The summed E-state index contributed by atoms with van der Waals surface area (Å²) in [6.45, 7) is 1.32. The van der Waals surface area contributed by atoms with E-state index in [1.807, 2.05) is 24.4 Å². The van der Waals surface area contributed by atoms with Gasteiger partial charge in [0.05, 0.1) is 24.7 Å². The predicted molar refractivity (Wildman–Crippen MR) is 65.9 cm³/mol. The first-order valence-corrected chi connectivity index (χ1v) is 5.80. The van der Waals surface area contributed by atoms with Gasteiger partial charge >= 0.3 is 0 Å².